The van der Waals surface area contributed by atoms with Gasteiger partial charge in [-0.3, -0.25) is 4.68 Å². The minimum absolute atomic E-state index is 0.104. The highest BCUT2D eigenvalue weighted by molar-refractivity contribution is 5.16. The zero-order chi connectivity index (χ0) is 15.6. The molecule has 0 aromatic carbocycles. The number of hydrogen-bond donors (Lipinski definition) is 1. The number of nitrogens with one attached hydrogen (secondary N) is 1. The summed E-state index contributed by atoms with van der Waals surface area (Å²) in [5.41, 5.74) is 2.38. The molecule has 0 saturated heterocycles. The van der Waals surface area contributed by atoms with Gasteiger partial charge in [-0.2, -0.15) is 10.2 Å². The summed E-state index contributed by atoms with van der Waals surface area (Å²) in [7, 11) is 0. The third kappa shape index (κ3) is 4.14. The van der Waals surface area contributed by atoms with E-state index in [0.717, 1.165) is 18.1 Å². The summed E-state index contributed by atoms with van der Waals surface area (Å²) in [5, 5.41) is 12.3. The third-order valence-corrected chi connectivity index (χ3v) is 3.30. The Bertz CT molecular complexity index is 588. The van der Waals surface area contributed by atoms with Crippen LogP contribution in [0.1, 0.15) is 57.7 Å². The lowest BCUT2D eigenvalue weighted by molar-refractivity contribution is 0.423. The molecule has 0 saturated carbocycles. The largest absolute Gasteiger partial charge is 0.308 e. The van der Waals surface area contributed by atoms with Crippen LogP contribution in [0.2, 0.25) is 0 Å². The molecule has 0 aliphatic carbocycles. The van der Waals surface area contributed by atoms with E-state index < -0.39 is 0 Å². The average Bonchev–Trinajstić information content (AvgIpc) is 2.93. The van der Waals surface area contributed by atoms with Crippen LogP contribution in [0.4, 0.5) is 0 Å². The highest BCUT2D eigenvalue weighted by Crippen LogP contribution is 2.11. The molecule has 6 nitrogen and oxygen atoms in total. The van der Waals surface area contributed by atoms with E-state index in [4.69, 9.17) is 0 Å². The molecular formula is C15H26N6. The lowest BCUT2D eigenvalue weighted by Gasteiger charge is -2.20. The fourth-order valence-electron chi connectivity index (χ4n) is 2.14. The first-order chi connectivity index (χ1) is 9.76. The molecule has 0 aliphatic heterocycles. The number of nitrogens with zero attached hydrogens (tertiary/aromatic N) is 5. The monoisotopic (exact) mass is 290 g/mol. The van der Waals surface area contributed by atoms with Crippen LogP contribution in [-0.4, -0.2) is 30.1 Å². The Morgan fingerprint density at radius 1 is 1.29 bits per heavy atom. The third-order valence-electron chi connectivity index (χ3n) is 3.30. The van der Waals surface area contributed by atoms with Crippen LogP contribution >= 0.6 is 0 Å². The van der Waals surface area contributed by atoms with Crippen LogP contribution in [0.3, 0.4) is 0 Å². The number of rotatable bonds is 5. The fraction of sp³-hybridized carbons (Fsp3) is 0.667. The molecule has 21 heavy (non-hydrogen) atoms. The van der Waals surface area contributed by atoms with Crippen molar-refractivity contribution in [2.75, 3.05) is 0 Å². The van der Waals surface area contributed by atoms with E-state index in [1.54, 1.807) is 6.33 Å². The SMILES string of the molecule is Cc1nn(Cc2ncnn2C(C)C)cc1CNC(C)(C)C. The van der Waals surface area contributed by atoms with Crippen molar-refractivity contribution in [2.45, 2.75) is 66.2 Å². The number of hydrogen-bond acceptors (Lipinski definition) is 4. The number of aromatic nitrogens is 5. The smallest absolute Gasteiger partial charge is 0.148 e. The average molecular weight is 290 g/mol. The van der Waals surface area contributed by atoms with Crippen molar-refractivity contribution in [3.05, 3.63) is 29.6 Å². The molecule has 0 aliphatic rings. The molecule has 0 radical (unpaired) electrons. The zero-order valence-corrected chi connectivity index (χ0v) is 13.9. The van der Waals surface area contributed by atoms with Gasteiger partial charge in [0.05, 0.1) is 5.69 Å². The molecule has 0 amide bonds. The molecule has 0 fully saturated rings. The topological polar surface area (TPSA) is 60.6 Å². The van der Waals surface area contributed by atoms with Crippen LogP contribution in [0.15, 0.2) is 12.5 Å². The maximum atomic E-state index is 4.58. The van der Waals surface area contributed by atoms with Gasteiger partial charge in [-0.15, -0.1) is 0 Å². The quantitative estimate of drug-likeness (QED) is 0.918. The van der Waals surface area contributed by atoms with Gasteiger partial charge < -0.3 is 5.32 Å². The van der Waals surface area contributed by atoms with Gasteiger partial charge in [0.25, 0.3) is 0 Å². The Morgan fingerprint density at radius 3 is 2.62 bits per heavy atom. The molecule has 0 spiro atoms. The van der Waals surface area contributed by atoms with Gasteiger partial charge in [0.1, 0.15) is 18.7 Å². The second-order valence-corrected chi connectivity index (χ2v) is 6.76. The Kier molecular flexibility index (Phi) is 4.46. The predicted octanol–water partition coefficient (Wildman–Crippen LogP) is 2.30. The molecule has 116 valence electrons. The summed E-state index contributed by atoms with van der Waals surface area (Å²) in [6.45, 7) is 14.2. The van der Waals surface area contributed by atoms with Gasteiger partial charge in [-0.25, -0.2) is 9.67 Å². The summed E-state index contributed by atoms with van der Waals surface area (Å²) in [5.74, 6) is 0.933. The van der Waals surface area contributed by atoms with E-state index in [1.807, 2.05) is 16.3 Å². The molecule has 0 bridgehead atoms. The van der Waals surface area contributed by atoms with E-state index in [2.05, 4.69) is 61.3 Å². The predicted molar refractivity (Wildman–Crippen MR) is 83.1 cm³/mol. The Hall–Kier alpha value is -1.69. The first-order valence-electron chi connectivity index (χ1n) is 7.42. The van der Waals surface area contributed by atoms with Gasteiger partial charge in [0.2, 0.25) is 0 Å². The van der Waals surface area contributed by atoms with Crippen LogP contribution in [0.5, 0.6) is 0 Å². The van der Waals surface area contributed by atoms with Crippen molar-refractivity contribution < 1.29 is 0 Å². The van der Waals surface area contributed by atoms with E-state index >= 15 is 0 Å². The summed E-state index contributed by atoms with van der Waals surface area (Å²) in [6, 6.07) is 0.307. The zero-order valence-electron chi connectivity index (χ0n) is 13.9. The van der Waals surface area contributed by atoms with Crippen molar-refractivity contribution in [3.63, 3.8) is 0 Å². The molecule has 2 aromatic rings. The first-order valence-corrected chi connectivity index (χ1v) is 7.42. The van der Waals surface area contributed by atoms with Gasteiger partial charge in [0.15, 0.2) is 0 Å². The standard InChI is InChI=1S/C15H26N6/c1-11(2)21-14(16-10-18-21)9-20-8-13(12(3)19-20)7-17-15(4,5)6/h8,10-11,17H,7,9H2,1-6H3. The van der Waals surface area contributed by atoms with E-state index in [0.29, 0.717) is 12.6 Å². The van der Waals surface area contributed by atoms with Crippen LogP contribution in [0, 0.1) is 6.92 Å². The summed E-state index contributed by atoms with van der Waals surface area (Å²) in [6.07, 6.45) is 3.70. The fourth-order valence-corrected chi connectivity index (χ4v) is 2.14. The minimum atomic E-state index is 0.104. The lowest BCUT2D eigenvalue weighted by Crippen LogP contribution is -2.35. The summed E-state index contributed by atoms with van der Waals surface area (Å²) < 4.78 is 3.88. The molecule has 0 atom stereocenters. The Morgan fingerprint density at radius 2 is 2.00 bits per heavy atom. The molecule has 6 heteroatoms. The molecular weight excluding hydrogens is 264 g/mol. The lowest BCUT2D eigenvalue weighted by atomic mass is 10.1. The molecule has 0 unspecified atom stereocenters. The molecule has 2 heterocycles. The van der Waals surface area contributed by atoms with E-state index in [9.17, 15) is 0 Å². The Labute approximate surface area is 126 Å². The van der Waals surface area contributed by atoms with Gasteiger partial charge in [0, 0.05) is 29.9 Å². The first kappa shape index (κ1) is 15.7. The maximum absolute atomic E-state index is 4.58. The van der Waals surface area contributed by atoms with Crippen molar-refractivity contribution in [2.24, 2.45) is 0 Å². The van der Waals surface area contributed by atoms with Gasteiger partial charge >= 0.3 is 0 Å². The van der Waals surface area contributed by atoms with Crippen molar-refractivity contribution in [1.82, 2.24) is 29.9 Å². The normalized spacial score (nSPS) is 12.3. The van der Waals surface area contributed by atoms with Crippen molar-refractivity contribution >= 4 is 0 Å². The second kappa shape index (κ2) is 5.97. The highest BCUT2D eigenvalue weighted by Gasteiger charge is 2.13. The molecule has 2 rings (SSSR count). The van der Waals surface area contributed by atoms with Crippen LogP contribution in [0.25, 0.3) is 0 Å². The van der Waals surface area contributed by atoms with E-state index in [1.165, 1.54) is 5.56 Å². The van der Waals surface area contributed by atoms with Gasteiger partial charge in [-0.1, -0.05) is 0 Å². The van der Waals surface area contributed by atoms with Crippen molar-refractivity contribution in [1.29, 1.82) is 0 Å². The maximum Gasteiger partial charge on any atom is 0.148 e. The molecule has 2 aromatic heterocycles. The second-order valence-electron chi connectivity index (χ2n) is 6.76. The van der Waals surface area contributed by atoms with E-state index in [-0.39, 0.29) is 5.54 Å². The number of aryl methyl sites for hydroxylation is 1. The summed E-state index contributed by atoms with van der Waals surface area (Å²) >= 11 is 0. The van der Waals surface area contributed by atoms with Gasteiger partial charge in [-0.05, 0) is 41.5 Å². The van der Waals surface area contributed by atoms with Crippen LogP contribution < -0.4 is 5.32 Å². The Balaban J connectivity index is 2.10. The van der Waals surface area contributed by atoms with Crippen LogP contribution in [-0.2, 0) is 13.1 Å². The van der Waals surface area contributed by atoms with Crippen molar-refractivity contribution in [3.8, 4) is 0 Å². The molecule has 1 N–H and O–H groups in total. The summed E-state index contributed by atoms with van der Waals surface area (Å²) in [4.78, 5) is 4.33. The minimum Gasteiger partial charge on any atom is -0.308 e. The highest BCUT2D eigenvalue weighted by atomic mass is 15.4.